The lowest BCUT2D eigenvalue weighted by atomic mass is 9.90. The molecule has 1 rings (SSSR count). The van der Waals surface area contributed by atoms with E-state index in [2.05, 4.69) is 6.92 Å². The number of aliphatic carboxylic acids is 1. The van der Waals surface area contributed by atoms with E-state index < -0.39 is 18.2 Å². The van der Waals surface area contributed by atoms with Crippen LogP contribution in [0.4, 0.5) is 0 Å². The number of allylic oxidation sites excluding steroid dienone is 3. The van der Waals surface area contributed by atoms with E-state index in [1.807, 2.05) is 12.2 Å². The smallest absolute Gasteiger partial charge is 0.303 e. The first-order chi connectivity index (χ1) is 12.0. The van der Waals surface area contributed by atoms with Crippen LogP contribution in [0, 0.1) is 11.8 Å². The van der Waals surface area contributed by atoms with E-state index in [-0.39, 0.29) is 30.5 Å². The first kappa shape index (κ1) is 21.6. The van der Waals surface area contributed by atoms with Gasteiger partial charge in [-0.3, -0.25) is 9.59 Å². The maximum absolute atomic E-state index is 12.1. The highest BCUT2D eigenvalue weighted by atomic mass is 16.4. The molecule has 25 heavy (non-hydrogen) atoms. The van der Waals surface area contributed by atoms with Gasteiger partial charge in [-0.25, -0.2) is 0 Å². The van der Waals surface area contributed by atoms with E-state index in [1.165, 1.54) is 0 Å². The van der Waals surface area contributed by atoms with E-state index in [0.717, 1.165) is 19.3 Å². The molecule has 2 unspecified atom stereocenters. The Bertz CT molecular complexity index is 469. The molecule has 0 amide bonds. The average Bonchev–Trinajstić information content (AvgIpc) is 2.82. The Kier molecular flexibility index (Phi) is 10.3. The van der Waals surface area contributed by atoms with Crippen LogP contribution in [0.3, 0.4) is 0 Å². The van der Waals surface area contributed by atoms with Crippen LogP contribution in [0.25, 0.3) is 0 Å². The number of carboxylic acids is 1. The zero-order valence-electron chi connectivity index (χ0n) is 15.1. The van der Waals surface area contributed by atoms with Gasteiger partial charge in [0.2, 0.25) is 0 Å². The molecule has 0 spiro atoms. The number of carboxylic acid groups (broad SMARTS) is 1. The largest absolute Gasteiger partial charge is 0.481 e. The molecule has 1 saturated carbocycles. The van der Waals surface area contributed by atoms with Gasteiger partial charge in [0.15, 0.2) is 0 Å². The molecule has 0 heterocycles. The summed E-state index contributed by atoms with van der Waals surface area (Å²) in [7, 11) is 0. The number of hydrogen-bond donors (Lipinski definition) is 3. The molecular formula is C20H32O5. The molecule has 0 saturated heterocycles. The number of Topliss-reactive ketones (excluding diaryl/α,β-unsaturated/α-hetero) is 1. The lowest BCUT2D eigenvalue weighted by molar-refractivity contribution is -0.137. The van der Waals surface area contributed by atoms with E-state index in [0.29, 0.717) is 25.7 Å². The predicted octanol–water partition coefficient (Wildman–Crippen LogP) is 3.25. The van der Waals surface area contributed by atoms with E-state index >= 15 is 0 Å². The van der Waals surface area contributed by atoms with Gasteiger partial charge >= 0.3 is 5.97 Å². The number of aliphatic hydroxyl groups excluding tert-OH is 2. The minimum atomic E-state index is -0.798. The van der Waals surface area contributed by atoms with Gasteiger partial charge < -0.3 is 15.3 Å². The van der Waals surface area contributed by atoms with Gasteiger partial charge in [-0.1, -0.05) is 50.5 Å². The Hall–Kier alpha value is -1.46. The summed E-state index contributed by atoms with van der Waals surface area (Å²) < 4.78 is 0. The quantitative estimate of drug-likeness (QED) is 0.370. The van der Waals surface area contributed by atoms with Crippen molar-refractivity contribution in [1.82, 2.24) is 0 Å². The van der Waals surface area contributed by atoms with Crippen LogP contribution in [0.1, 0.15) is 64.7 Å². The van der Waals surface area contributed by atoms with E-state index in [9.17, 15) is 19.8 Å². The second-order valence-corrected chi connectivity index (χ2v) is 6.87. The summed E-state index contributed by atoms with van der Waals surface area (Å²) in [5.74, 6) is -1.29. The lowest BCUT2D eigenvalue weighted by Crippen LogP contribution is -2.19. The molecule has 0 aromatic heterocycles. The second kappa shape index (κ2) is 12.0. The highest BCUT2D eigenvalue weighted by Gasteiger charge is 2.39. The molecule has 1 aliphatic rings. The number of carbonyl (C=O) groups is 2. The predicted molar refractivity (Wildman–Crippen MR) is 97.1 cm³/mol. The molecule has 5 heteroatoms. The minimum absolute atomic E-state index is 0.0220. The van der Waals surface area contributed by atoms with Crippen LogP contribution < -0.4 is 0 Å². The number of carbonyl (C=O) groups excluding carboxylic acids is 1. The first-order valence-corrected chi connectivity index (χ1v) is 9.39. The number of rotatable bonds is 12. The molecule has 4 atom stereocenters. The van der Waals surface area contributed by atoms with Crippen molar-refractivity contribution >= 4 is 11.8 Å². The van der Waals surface area contributed by atoms with Crippen molar-refractivity contribution < 1.29 is 24.9 Å². The van der Waals surface area contributed by atoms with Gasteiger partial charge in [0, 0.05) is 24.7 Å². The molecule has 1 fully saturated rings. The fraction of sp³-hybridized carbons (Fsp3) is 0.700. The maximum Gasteiger partial charge on any atom is 0.303 e. The van der Waals surface area contributed by atoms with Crippen molar-refractivity contribution in [1.29, 1.82) is 0 Å². The van der Waals surface area contributed by atoms with Crippen LogP contribution in [0.5, 0.6) is 0 Å². The average molecular weight is 352 g/mol. The molecule has 3 N–H and O–H groups in total. The zero-order valence-corrected chi connectivity index (χ0v) is 15.1. The Morgan fingerprint density at radius 2 is 2.04 bits per heavy atom. The van der Waals surface area contributed by atoms with Crippen LogP contribution in [-0.2, 0) is 9.59 Å². The van der Waals surface area contributed by atoms with Gasteiger partial charge in [-0.05, 0) is 25.7 Å². The third kappa shape index (κ3) is 8.45. The lowest BCUT2D eigenvalue weighted by Gasteiger charge is -2.17. The number of ketones is 1. The molecule has 0 aromatic carbocycles. The minimum Gasteiger partial charge on any atom is -0.481 e. The van der Waals surface area contributed by atoms with Crippen molar-refractivity contribution in [2.45, 2.75) is 76.9 Å². The van der Waals surface area contributed by atoms with E-state index in [1.54, 1.807) is 12.2 Å². The zero-order chi connectivity index (χ0) is 18.7. The first-order valence-electron chi connectivity index (χ1n) is 9.39. The maximum atomic E-state index is 12.1. The van der Waals surface area contributed by atoms with Gasteiger partial charge in [-0.2, -0.15) is 0 Å². The van der Waals surface area contributed by atoms with Crippen LogP contribution in [0.2, 0.25) is 0 Å². The highest BCUT2D eigenvalue weighted by Crippen LogP contribution is 2.33. The number of unbranched alkanes of at least 4 members (excludes halogenated alkanes) is 3. The standard InChI is InChI=1S/C20H32O5/c1-2-3-6-9-15(21)12-13-17-16(18(22)14-19(17)23)10-7-4-5-8-11-20(24)25/h4,7,12-13,15-18,21-22H,2-3,5-6,8-11,14H2,1H3,(H,24,25)/b7-4-,13-12+/t15-,16?,17-,18?/m1/s1. The monoisotopic (exact) mass is 352 g/mol. The fourth-order valence-electron chi connectivity index (χ4n) is 3.22. The van der Waals surface area contributed by atoms with Crippen LogP contribution in [-0.4, -0.2) is 39.3 Å². The third-order valence-electron chi connectivity index (χ3n) is 4.72. The van der Waals surface area contributed by atoms with Gasteiger partial charge in [-0.15, -0.1) is 0 Å². The summed E-state index contributed by atoms with van der Waals surface area (Å²) in [5, 5.41) is 28.7. The van der Waals surface area contributed by atoms with Crippen molar-refractivity contribution in [2.24, 2.45) is 11.8 Å². The Morgan fingerprint density at radius 1 is 1.28 bits per heavy atom. The molecule has 142 valence electrons. The van der Waals surface area contributed by atoms with E-state index in [4.69, 9.17) is 5.11 Å². The molecule has 0 aliphatic heterocycles. The Labute approximate surface area is 150 Å². The summed E-state index contributed by atoms with van der Waals surface area (Å²) in [6, 6.07) is 0. The second-order valence-electron chi connectivity index (χ2n) is 6.87. The molecule has 1 aliphatic carbocycles. The molecule has 0 aromatic rings. The summed E-state index contributed by atoms with van der Waals surface area (Å²) in [6.45, 7) is 2.11. The molecular weight excluding hydrogens is 320 g/mol. The van der Waals surface area contributed by atoms with Crippen molar-refractivity contribution in [2.75, 3.05) is 0 Å². The Morgan fingerprint density at radius 3 is 2.72 bits per heavy atom. The summed E-state index contributed by atoms with van der Waals surface area (Å²) in [5.41, 5.74) is 0. The summed E-state index contributed by atoms with van der Waals surface area (Å²) >= 11 is 0. The SMILES string of the molecule is CCCCC[C@@H](O)/C=C/[C@H]1C(=O)CC(O)C1C/C=C\CCCC(=O)O. The van der Waals surface area contributed by atoms with Crippen molar-refractivity contribution in [3.8, 4) is 0 Å². The van der Waals surface area contributed by atoms with Crippen molar-refractivity contribution in [3.05, 3.63) is 24.3 Å². The van der Waals surface area contributed by atoms with Crippen LogP contribution >= 0.6 is 0 Å². The highest BCUT2D eigenvalue weighted by molar-refractivity contribution is 5.86. The molecule has 0 bridgehead atoms. The van der Waals surface area contributed by atoms with Crippen molar-refractivity contribution in [3.63, 3.8) is 0 Å². The molecule has 5 nitrogen and oxygen atoms in total. The summed E-state index contributed by atoms with van der Waals surface area (Å²) in [6.07, 6.45) is 12.1. The normalized spacial score (nSPS) is 25.2. The Balaban J connectivity index is 2.48. The van der Waals surface area contributed by atoms with Gasteiger partial charge in [0.05, 0.1) is 12.2 Å². The summed E-state index contributed by atoms with van der Waals surface area (Å²) in [4.78, 5) is 22.5. The fourth-order valence-corrected chi connectivity index (χ4v) is 3.22. The third-order valence-corrected chi connectivity index (χ3v) is 4.72. The van der Waals surface area contributed by atoms with Crippen LogP contribution in [0.15, 0.2) is 24.3 Å². The number of aliphatic hydroxyl groups is 2. The topological polar surface area (TPSA) is 94.8 Å². The van der Waals surface area contributed by atoms with Gasteiger partial charge in [0.25, 0.3) is 0 Å². The van der Waals surface area contributed by atoms with Gasteiger partial charge in [0.1, 0.15) is 5.78 Å². The molecule has 0 radical (unpaired) electrons. The number of hydrogen-bond acceptors (Lipinski definition) is 4.